The Bertz CT molecular complexity index is 1100. The van der Waals surface area contributed by atoms with Crippen molar-refractivity contribution in [2.24, 2.45) is 0 Å². The van der Waals surface area contributed by atoms with E-state index in [9.17, 15) is 4.79 Å². The van der Waals surface area contributed by atoms with Crippen LogP contribution in [0.4, 0.5) is 0 Å². The average Bonchev–Trinajstić information content (AvgIpc) is 3.59. The number of rotatable bonds is 11. The fourth-order valence-electron chi connectivity index (χ4n) is 4.24. The first kappa shape index (κ1) is 24.8. The third kappa shape index (κ3) is 6.41. The number of carbonyl (C=O) groups excluding carboxylic acids is 1. The summed E-state index contributed by atoms with van der Waals surface area (Å²) in [5.74, 6) is 1.70. The van der Waals surface area contributed by atoms with Crippen LogP contribution in [0.5, 0.6) is 11.5 Å². The summed E-state index contributed by atoms with van der Waals surface area (Å²) in [6.45, 7) is 4.39. The molecule has 1 aliphatic rings. The smallest absolute Gasteiger partial charge is 0.273 e. The van der Waals surface area contributed by atoms with Gasteiger partial charge in [-0.25, -0.2) is 4.98 Å². The average molecular weight is 480 g/mol. The molecular weight excluding hydrogens is 446 g/mol. The van der Waals surface area contributed by atoms with Crippen molar-refractivity contribution < 1.29 is 23.4 Å². The van der Waals surface area contributed by atoms with Gasteiger partial charge in [0.2, 0.25) is 5.89 Å². The lowest BCUT2D eigenvalue weighted by molar-refractivity contribution is 0.0853. The number of amides is 1. The number of carbonyl (C=O) groups is 1. The maximum atomic E-state index is 12.6. The molecule has 0 spiro atoms. The van der Waals surface area contributed by atoms with Crippen LogP contribution < -0.4 is 14.8 Å². The number of aromatic nitrogens is 1. The molecule has 2 atom stereocenters. The summed E-state index contributed by atoms with van der Waals surface area (Å²) in [7, 11) is 3.29. The third-order valence-corrected chi connectivity index (χ3v) is 6.33. The number of benzene rings is 2. The zero-order chi connectivity index (χ0) is 24.6. The molecule has 2 aromatic carbocycles. The lowest BCUT2D eigenvalue weighted by atomic mass is 10.1. The summed E-state index contributed by atoms with van der Waals surface area (Å²) in [5.41, 5.74) is 2.45. The van der Waals surface area contributed by atoms with E-state index in [4.69, 9.17) is 18.6 Å². The first-order valence-corrected chi connectivity index (χ1v) is 11.9. The molecule has 3 aromatic rings. The molecule has 1 aliphatic heterocycles. The Kier molecular flexibility index (Phi) is 8.39. The van der Waals surface area contributed by atoms with Crippen molar-refractivity contribution in [3.8, 4) is 11.5 Å². The van der Waals surface area contributed by atoms with Crippen LogP contribution in [0.1, 0.15) is 53.3 Å². The molecule has 1 saturated heterocycles. The van der Waals surface area contributed by atoms with Crippen molar-refractivity contribution in [1.82, 2.24) is 15.2 Å². The largest absolute Gasteiger partial charge is 0.497 e. The molecule has 1 N–H and O–H groups in total. The molecule has 1 amide bonds. The van der Waals surface area contributed by atoms with Gasteiger partial charge in [-0.05, 0) is 31.4 Å². The van der Waals surface area contributed by atoms with Crippen LogP contribution in [0.3, 0.4) is 0 Å². The van der Waals surface area contributed by atoms with Crippen molar-refractivity contribution in [1.29, 1.82) is 0 Å². The van der Waals surface area contributed by atoms with Gasteiger partial charge in [0.25, 0.3) is 5.91 Å². The minimum Gasteiger partial charge on any atom is -0.497 e. The Labute approximate surface area is 206 Å². The van der Waals surface area contributed by atoms with Gasteiger partial charge in [-0.2, -0.15) is 0 Å². The van der Waals surface area contributed by atoms with Gasteiger partial charge < -0.3 is 23.9 Å². The number of hydrogen-bond donors (Lipinski definition) is 1. The van der Waals surface area contributed by atoms with Gasteiger partial charge in [-0.1, -0.05) is 36.4 Å². The Morgan fingerprint density at radius 2 is 2.00 bits per heavy atom. The van der Waals surface area contributed by atoms with Gasteiger partial charge in [-0.15, -0.1) is 0 Å². The van der Waals surface area contributed by atoms with Gasteiger partial charge in [0.15, 0.2) is 5.69 Å². The molecule has 1 fully saturated rings. The molecule has 186 valence electrons. The standard InChI is InChI=1S/C27H33N3O5/c1-19(20-8-5-4-6-9-20)30(16-21-11-12-22(32-2)14-25(21)33-3)17-26-29-24(18-35-26)27(31)28-15-23-10-7-13-34-23/h4-6,8-9,11-12,14,18-19,23H,7,10,13,15-17H2,1-3H3,(H,28,31). The van der Waals surface area contributed by atoms with Gasteiger partial charge in [0.05, 0.1) is 26.9 Å². The molecule has 4 rings (SSSR count). The predicted octanol–water partition coefficient (Wildman–Crippen LogP) is 4.36. The van der Waals surface area contributed by atoms with Gasteiger partial charge in [0.1, 0.15) is 17.8 Å². The summed E-state index contributed by atoms with van der Waals surface area (Å²) in [6.07, 6.45) is 3.49. The quantitative estimate of drug-likeness (QED) is 0.437. The van der Waals surface area contributed by atoms with Crippen LogP contribution in [0.15, 0.2) is 59.2 Å². The van der Waals surface area contributed by atoms with E-state index in [1.807, 2.05) is 36.4 Å². The monoisotopic (exact) mass is 479 g/mol. The zero-order valence-corrected chi connectivity index (χ0v) is 20.5. The van der Waals surface area contributed by atoms with Crippen molar-refractivity contribution in [2.45, 2.75) is 45.0 Å². The lowest BCUT2D eigenvalue weighted by Gasteiger charge is -2.29. The molecule has 0 saturated carbocycles. The van der Waals surface area contributed by atoms with Gasteiger partial charge in [-0.3, -0.25) is 9.69 Å². The minimum atomic E-state index is -0.255. The van der Waals surface area contributed by atoms with Gasteiger partial charge in [0, 0.05) is 37.4 Å². The molecule has 0 radical (unpaired) electrons. The zero-order valence-electron chi connectivity index (χ0n) is 20.5. The number of hydrogen-bond acceptors (Lipinski definition) is 7. The van der Waals surface area contributed by atoms with Crippen molar-refractivity contribution in [2.75, 3.05) is 27.4 Å². The maximum absolute atomic E-state index is 12.6. The topological polar surface area (TPSA) is 86.1 Å². The Balaban J connectivity index is 1.50. The van der Waals surface area contributed by atoms with Crippen LogP contribution in [0.25, 0.3) is 0 Å². The molecule has 8 nitrogen and oxygen atoms in total. The highest BCUT2D eigenvalue weighted by Gasteiger charge is 2.23. The third-order valence-electron chi connectivity index (χ3n) is 6.33. The number of methoxy groups -OCH3 is 2. The fraction of sp³-hybridized carbons (Fsp3) is 0.407. The molecule has 2 heterocycles. The fourth-order valence-corrected chi connectivity index (χ4v) is 4.24. The Morgan fingerprint density at radius 3 is 2.71 bits per heavy atom. The second-order valence-electron chi connectivity index (χ2n) is 8.64. The van der Waals surface area contributed by atoms with Crippen LogP contribution in [0, 0.1) is 0 Å². The van der Waals surface area contributed by atoms with E-state index < -0.39 is 0 Å². The highest BCUT2D eigenvalue weighted by atomic mass is 16.5. The first-order valence-electron chi connectivity index (χ1n) is 11.9. The second kappa shape index (κ2) is 11.9. The maximum Gasteiger partial charge on any atom is 0.273 e. The lowest BCUT2D eigenvalue weighted by Crippen LogP contribution is -2.32. The molecule has 35 heavy (non-hydrogen) atoms. The molecule has 2 unspecified atom stereocenters. The van der Waals surface area contributed by atoms with Crippen LogP contribution in [-0.2, 0) is 17.8 Å². The SMILES string of the molecule is COc1ccc(CN(Cc2nc(C(=O)NCC3CCCO3)co2)C(C)c2ccccc2)c(OC)c1. The van der Waals surface area contributed by atoms with E-state index in [-0.39, 0.29) is 23.7 Å². The van der Waals surface area contributed by atoms with E-state index in [0.717, 1.165) is 36.5 Å². The van der Waals surface area contributed by atoms with E-state index in [0.29, 0.717) is 25.5 Å². The molecule has 1 aromatic heterocycles. The van der Waals surface area contributed by atoms with E-state index in [1.165, 1.54) is 11.8 Å². The van der Waals surface area contributed by atoms with E-state index >= 15 is 0 Å². The molecule has 0 aliphatic carbocycles. The van der Waals surface area contributed by atoms with Crippen LogP contribution in [-0.4, -0.2) is 49.3 Å². The molecular formula is C27H33N3O5. The summed E-state index contributed by atoms with van der Waals surface area (Å²) in [6, 6.07) is 16.1. The number of nitrogens with zero attached hydrogens (tertiary/aromatic N) is 2. The summed E-state index contributed by atoms with van der Waals surface area (Å²) in [4.78, 5) is 19.3. The van der Waals surface area contributed by atoms with Crippen molar-refractivity contribution in [3.63, 3.8) is 0 Å². The van der Waals surface area contributed by atoms with E-state index in [1.54, 1.807) is 14.2 Å². The number of nitrogens with one attached hydrogen (secondary N) is 1. The number of ether oxygens (including phenoxy) is 3. The Morgan fingerprint density at radius 1 is 1.17 bits per heavy atom. The minimum absolute atomic E-state index is 0.0618. The normalized spacial score (nSPS) is 16.3. The van der Waals surface area contributed by atoms with Crippen LogP contribution >= 0.6 is 0 Å². The van der Waals surface area contributed by atoms with Gasteiger partial charge >= 0.3 is 0 Å². The van der Waals surface area contributed by atoms with Crippen molar-refractivity contribution in [3.05, 3.63) is 77.5 Å². The number of oxazole rings is 1. The van der Waals surface area contributed by atoms with Crippen molar-refractivity contribution >= 4 is 5.91 Å². The molecule has 0 bridgehead atoms. The second-order valence-corrected chi connectivity index (χ2v) is 8.64. The molecule has 8 heteroatoms. The summed E-state index contributed by atoms with van der Waals surface area (Å²) in [5, 5.41) is 2.89. The summed E-state index contributed by atoms with van der Waals surface area (Å²) >= 11 is 0. The predicted molar refractivity (Wildman–Crippen MR) is 131 cm³/mol. The van der Waals surface area contributed by atoms with E-state index in [2.05, 4.69) is 34.3 Å². The highest BCUT2D eigenvalue weighted by Crippen LogP contribution is 2.30. The first-order chi connectivity index (χ1) is 17.1. The summed E-state index contributed by atoms with van der Waals surface area (Å²) < 4.78 is 22.2. The highest BCUT2D eigenvalue weighted by molar-refractivity contribution is 5.91. The van der Waals surface area contributed by atoms with Crippen LogP contribution in [0.2, 0.25) is 0 Å². The Hall–Kier alpha value is -3.36.